The van der Waals surface area contributed by atoms with Gasteiger partial charge in [-0.1, -0.05) is 0 Å². The van der Waals surface area contributed by atoms with Crippen LogP contribution >= 0.6 is 0 Å². The highest BCUT2D eigenvalue weighted by Crippen LogP contribution is 2.19. The van der Waals surface area contributed by atoms with Gasteiger partial charge in [0.15, 0.2) is 0 Å². The van der Waals surface area contributed by atoms with E-state index in [-0.39, 0.29) is 6.61 Å². The number of aliphatic hydroxyl groups excluding tert-OH is 1. The lowest BCUT2D eigenvalue weighted by atomic mass is 9.82. The maximum absolute atomic E-state index is 10.6. The molecule has 1 amide bonds. The fourth-order valence-corrected chi connectivity index (χ4v) is 0.791. The highest BCUT2D eigenvalue weighted by molar-refractivity contribution is 5.82. The van der Waals surface area contributed by atoms with Crippen molar-refractivity contribution in [2.45, 2.75) is 0 Å². The van der Waals surface area contributed by atoms with Crippen molar-refractivity contribution in [2.75, 3.05) is 19.7 Å². The van der Waals surface area contributed by atoms with Crippen molar-refractivity contribution in [2.24, 2.45) is 11.1 Å². The first-order valence-corrected chi connectivity index (χ1v) is 2.83. The monoisotopic (exact) mass is 130 g/mol. The lowest BCUT2D eigenvalue weighted by Crippen LogP contribution is -2.62. The van der Waals surface area contributed by atoms with Gasteiger partial charge in [0.05, 0.1) is 12.0 Å². The minimum absolute atomic E-state index is 0.144. The molecule has 4 N–H and O–H groups in total. The van der Waals surface area contributed by atoms with Gasteiger partial charge in [0.2, 0.25) is 5.91 Å². The van der Waals surface area contributed by atoms with Crippen molar-refractivity contribution in [3.63, 3.8) is 0 Å². The van der Waals surface area contributed by atoms with Crippen molar-refractivity contribution >= 4 is 5.91 Å². The van der Waals surface area contributed by atoms with Crippen molar-refractivity contribution in [3.05, 3.63) is 0 Å². The van der Waals surface area contributed by atoms with E-state index in [9.17, 15) is 4.79 Å². The summed E-state index contributed by atoms with van der Waals surface area (Å²) in [4.78, 5) is 10.6. The second-order valence-corrected chi connectivity index (χ2v) is 2.41. The molecule has 0 bridgehead atoms. The highest BCUT2D eigenvalue weighted by atomic mass is 16.3. The molecule has 0 atom stereocenters. The molecule has 4 heteroatoms. The van der Waals surface area contributed by atoms with E-state index in [1.807, 2.05) is 0 Å². The largest absolute Gasteiger partial charge is 0.395 e. The Labute approximate surface area is 53.0 Å². The number of carbonyl (C=O) groups excluding carboxylic acids is 1. The summed E-state index contributed by atoms with van der Waals surface area (Å²) in [6, 6.07) is 0. The van der Waals surface area contributed by atoms with E-state index in [0.717, 1.165) is 0 Å². The lowest BCUT2D eigenvalue weighted by Gasteiger charge is -2.37. The van der Waals surface area contributed by atoms with Crippen LogP contribution in [0.4, 0.5) is 0 Å². The number of aliphatic hydroxyl groups is 1. The summed E-state index contributed by atoms with van der Waals surface area (Å²) in [7, 11) is 0. The number of nitrogens with one attached hydrogen (secondary N) is 1. The van der Waals surface area contributed by atoms with Gasteiger partial charge >= 0.3 is 0 Å². The molecule has 0 unspecified atom stereocenters. The lowest BCUT2D eigenvalue weighted by molar-refractivity contribution is -0.133. The Balaban J connectivity index is 2.57. The summed E-state index contributed by atoms with van der Waals surface area (Å²) in [5.74, 6) is -0.413. The molecule has 0 aliphatic carbocycles. The molecule has 1 aliphatic rings. The highest BCUT2D eigenvalue weighted by Gasteiger charge is 2.41. The third-order valence-electron chi connectivity index (χ3n) is 1.75. The van der Waals surface area contributed by atoms with Gasteiger partial charge in [-0.3, -0.25) is 4.79 Å². The SMILES string of the molecule is NC(=O)C1(CO)CNC1. The standard InChI is InChI=1S/C5H10N2O2/c6-4(9)5(3-8)1-7-2-5/h7-8H,1-3H2,(H2,6,9). The molecule has 1 saturated heterocycles. The second-order valence-electron chi connectivity index (χ2n) is 2.41. The van der Waals surface area contributed by atoms with Gasteiger partial charge < -0.3 is 16.2 Å². The summed E-state index contributed by atoms with van der Waals surface area (Å²) in [5.41, 5.74) is 4.35. The third kappa shape index (κ3) is 0.799. The van der Waals surface area contributed by atoms with Gasteiger partial charge in [0, 0.05) is 13.1 Å². The van der Waals surface area contributed by atoms with Crippen LogP contribution in [0.15, 0.2) is 0 Å². The predicted octanol–water partition coefficient (Wildman–Crippen LogP) is -1.95. The Kier molecular flexibility index (Phi) is 1.42. The summed E-state index contributed by atoms with van der Waals surface area (Å²) in [5, 5.41) is 11.5. The number of primary amides is 1. The van der Waals surface area contributed by atoms with Gasteiger partial charge in [0.25, 0.3) is 0 Å². The summed E-state index contributed by atoms with van der Waals surface area (Å²) < 4.78 is 0. The molecule has 0 aromatic heterocycles. The van der Waals surface area contributed by atoms with Crippen LogP contribution in [0.25, 0.3) is 0 Å². The minimum Gasteiger partial charge on any atom is -0.395 e. The van der Waals surface area contributed by atoms with E-state index in [0.29, 0.717) is 13.1 Å². The average Bonchev–Trinajstić information content (AvgIpc) is 1.62. The van der Waals surface area contributed by atoms with Gasteiger partial charge in [-0.25, -0.2) is 0 Å². The van der Waals surface area contributed by atoms with Crippen LogP contribution in [0.3, 0.4) is 0 Å². The van der Waals surface area contributed by atoms with Crippen LogP contribution < -0.4 is 11.1 Å². The van der Waals surface area contributed by atoms with Gasteiger partial charge in [-0.15, -0.1) is 0 Å². The van der Waals surface area contributed by atoms with Crippen LogP contribution in [0, 0.1) is 5.41 Å². The molecule has 1 heterocycles. The smallest absolute Gasteiger partial charge is 0.228 e. The number of nitrogens with two attached hydrogens (primary N) is 1. The zero-order chi connectivity index (χ0) is 6.91. The number of hydrogen-bond donors (Lipinski definition) is 3. The molecular weight excluding hydrogens is 120 g/mol. The molecule has 1 fully saturated rings. The van der Waals surface area contributed by atoms with Crippen molar-refractivity contribution in [1.82, 2.24) is 5.32 Å². The quantitative estimate of drug-likeness (QED) is 0.407. The first-order chi connectivity index (χ1) is 4.21. The van der Waals surface area contributed by atoms with E-state index in [1.165, 1.54) is 0 Å². The molecule has 0 aromatic rings. The molecular formula is C5H10N2O2. The van der Waals surface area contributed by atoms with Crippen LogP contribution in [0.5, 0.6) is 0 Å². The molecule has 52 valence electrons. The topological polar surface area (TPSA) is 75.4 Å². The molecule has 9 heavy (non-hydrogen) atoms. The van der Waals surface area contributed by atoms with E-state index in [1.54, 1.807) is 0 Å². The summed E-state index contributed by atoms with van der Waals surface area (Å²) >= 11 is 0. The Morgan fingerprint density at radius 3 is 2.33 bits per heavy atom. The molecule has 1 aliphatic heterocycles. The third-order valence-corrected chi connectivity index (χ3v) is 1.75. The van der Waals surface area contributed by atoms with E-state index in [2.05, 4.69) is 5.32 Å². The maximum atomic E-state index is 10.6. The zero-order valence-corrected chi connectivity index (χ0v) is 5.05. The number of carbonyl (C=O) groups is 1. The Morgan fingerprint density at radius 2 is 2.33 bits per heavy atom. The second kappa shape index (κ2) is 1.97. The average molecular weight is 130 g/mol. The Morgan fingerprint density at radius 1 is 1.78 bits per heavy atom. The molecule has 0 saturated carbocycles. The molecule has 1 rings (SSSR count). The van der Waals surface area contributed by atoms with Crippen LogP contribution in [-0.2, 0) is 4.79 Å². The van der Waals surface area contributed by atoms with Gasteiger partial charge in [0.1, 0.15) is 0 Å². The van der Waals surface area contributed by atoms with Crippen LogP contribution in [-0.4, -0.2) is 30.7 Å². The van der Waals surface area contributed by atoms with Crippen molar-refractivity contribution in [3.8, 4) is 0 Å². The molecule has 0 aromatic carbocycles. The van der Waals surface area contributed by atoms with Gasteiger partial charge in [-0.2, -0.15) is 0 Å². The number of rotatable bonds is 2. The predicted molar refractivity (Wildman–Crippen MR) is 31.6 cm³/mol. The molecule has 0 spiro atoms. The minimum atomic E-state index is -0.653. The van der Waals surface area contributed by atoms with Crippen LogP contribution in [0.1, 0.15) is 0 Å². The molecule has 0 radical (unpaired) electrons. The summed E-state index contributed by atoms with van der Waals surface area (Å²) in [6.07, 6.45) is 0. The number of hydrogen-bond acceptors (Lipinski definition) is 3. The van der Waals surface area contributed by atoms with Crippen LogP contribution in [0.2, 0.25) is 0 Å². The fraction of sp³-hybridized carbons (Fsp3) is 0.800. The maximum Gasteiger partial charge on any atom is 0.228 e. The number of amides is 1. The Hall–Kier alpha value is -0.610. The normalized spacial score (nSPS) is 22.8. The first kappa shape index (κ1) is 6.51. The first-order valence-electron chi connectivity index (χ1n) is 2.83. The van der Waals surface area contributed by atoms with Gasteiger partial charge in [-0.05, 0) is 0 Å². The van der Waals surface area contributed by atoms with Crippen molar-refractivity contribution in [1.29, 1.82) is 0 Å². The molecule has 4 nitrogen and oxygen atoms in total. The van der Waals surface area contributed by atoms with Crippen molar-refractivity contribution < 1.29 is 9.90 Å². The van der Waals surface area contributed by atoms with E-state index in [4.69, 9.17) is 10.8 Å². The summed E-state index contributed by atoms with van der Waals surface area (Å²) in [6.45, 7) is 0.882. The van der Waals surface area contributed by atoms with E-state index < -0.39 is 11.3 Å². The Bertz CT molecular complexity index is 125. The van der Waals surface area contributed by atoms with E-state index >= 15 is 0 Å². The zero-order valence-electron chi connectivity index (χ0n) is 5.05. The fourth-order valence-electron chi connectivity index (χ4n) is 0.791.